The van der Waals surface area contributed by atoms with Gasteiger partial charge < -0.3 is 15.3 Å². The van der Waals surface area contributed by atoms with Gasteiger partial charge in [0.25, 0.3) is 0 Å². The van der Waals surface area contributed by atoms with E-state index in [-0.39, 0.29) is 33.4 Å². The second kappa shape index (κ2) is 6.40. The van der Waals surface area contributed by atoms with E-state index in [0.29, 0.717) is 5.58 Å². The second-order valence-corrected chi connectivity index (χ2v) is 6.85. The van der Waals surface area contributed by atoms with E-state index in [1.54, 1.807) is 6.07 Å². The maximum absolute atomic E-state index is 12.8. The van der Waals surface area contributed by atoms with E-state index in [1.165, 1.54) is 31.7 Å². The van der Waals surface area contributed by atoms with Crippen LogP contribution < -0.4 is 11.2 Å². The first-order chi connectivity index (χ1) is 12.5. The molecule has 7 heteroatoms. The van der Waals surface area contributed by atoms with E-state index >= 15 is 0 Å². The van der Waals surface area contributed by atoms with Crippen molar-refractivity contribution in [2.24, 2.45) is 5.92 Å². The average Bonchev–Trinajstić information content (AvgIpc) is 3.13. The first kappa shape index (κ1) is 16.5. The standard InChI is InChI=1S/C19H19N3O4/c20-17-13(19(24)25)9-12-16(23)15-14(26-18(12)22-17)8-7-11(21-15)6-5-10-3-1-2-4-10/h7-10H,1-6H2,(H2,20,22)(H,24,25). The lowest BCUT2D eigenvalue weighted by molar-refractivity contribution is 0.0698. The van der Waals surface area contributed by atoms with Gasteiger partial charge in [-0.15, -0.1) is 0 Å². The zero-order valence-electron chi connectivity index (χ0n) is 14.2. The molecule has 1 saturated carbocycles. The molecule has 1 fully saturated rings. The van der Waals surface area contributed by atoms with E-state index in [1.807, 2.05) is 6.07 Å². The fourth-order valence-corrected chi connectivity index (χ4v) is 3.68. The Morgan fingerprint density at radius 2 is 2.04 bits per heavy atom. The number of hydrogen-bond acceptors (Lipinski definition) is 6. The third-order valence-corrected chi connectivity index (χ3v) is 5.11. The van der Waals surface area contributed by atoms with Gasteiger partial charge in [-0.2, -0.15) is 4.98 Å². The van der Waals surface area contributed by atoms with Crippen LogP contribution in [0.2, 0.25) is 0 Å². The molecule has 0 spiro atoms. The number of aromatic nitrogens is 2. The van der Waals surface area contributed by atoms with E-state index in [9.17, 15) is 14.7 Å². The Morgan fingerprint density at radius 3 is 2.77 bits per heavy atom. The van der Waals surface area contributed by atoms with Gasteiger partial charge >= 0.3 is 5.97 Å². The highest BCUT2D eigenvalue weighted by atomic mass is 16.4. The van der Waals surface area contributed by atoms with Crippen LogP contribution in [0.5, 0.6) is 0 Å². The van der Waals surface area contributed by atoms with Gasteiger partial charge in [-0.25, -0.2) is 9.78 Å². The van der Waals surface area contributed by atoms with Crippen molar-refractivity contribution in [3.8, 4) is 0 Å². The highest BCUT2D eigenvalue weighted by molar-refractivity contribution is 5.98. The third-order valence-electron chi connectivity index (χ3n) is 5.11. The van der Waals surface area contributed by atoms with Crippen molar-refractivity contribution in [1.29, 1.82) is 0 Å². The Bertz CT molecular complexity index is 1070. The van der Waals surface area contributed by atoms with Gasteiger partial charge in [-0.3, -0.25) is 4.79 Å². The number of aromatic carboxylic acids is 1. The molecule has 7 nitrogen and oxygen atoms in total. The predicted molar refractivity (Wildman–Crippen MR) is 97.2 cm³/mol. The molecule has 0 aliphatic heterocycles. The summed E-state index contributed by atoms with van der Waals surface area (Å²) < 4.78 is 5.63. The minimum absolute atomic E-state index is 0.0190. The number of carboxylic acid groups (broad SMARTS) is 1. The second-order valence-electron chi connectivity index (χ2n) is 6.85. The van der Waals surface area contributed by atoms with Crippen LogP contribution in [0.25, 0.3) is 22.2 Å². The molecule has 3 heterocycles. The summed E-state index contributed by atoms with van der Waals surface area (Å²) in [6.45, 7) is 0. The Kier molecular flexibility index (Phi) is 4.06. The van der Waals surface area contributed by atoms with Gasteiger partial charge in [0.1, 0.15) is 11.4 Å². The van der Waals surface area contributed by atoms with Crippen LogP contribution in [0.1, 0.15) is 48.2 Å². The lowest BCUT2D eigenvalue weighted by Gasteiger charge is -2.08. The smallest absolute Gasteiger partial charge is 0.339 e. The predicted octanol–water partition coefficient (Wildman–Crippen LogP) is 3.14. The quantitative estimate of drug-likeness (QED) is 0.691. The monoisotopic (exact) mass is 353 g/mol. The molecule has 3 N–H and O–H groups in total. The van der Waals surface area contributed by atoms with Crippen LogP contribution in [0.3, 0.4) is 0 Å². The molecule has 3 aromatic rings. The lowest BCUT2D eigenvalue weighted by Crippen LogP contribution is -2.11. The number of carboxylic acids is 1. The normalized spacial score (nSPS) is 15.1. The summed E-state index contributed by atoms with van der Waals surface area (Å²) in [6, 6.07) is 4.79. The van der Waals surface area contributed by atoms with Crippen LogP contribution in [-0.4, -0.2) is 21.0 Å². The van der Waals surface area contributed by atoms with E-state index in [0.717, 1.165) is 24.5 Å². The summed E-state index contributed by atoms with van der Waals surface area (Å²) in [6.07, 6.45) is 7.02. The minimum atomic E-state index is -1.24. The number of fused-ring (bicyclic) bond motifs is 2. The fraction of sp³-hybridized carbons (Fsp3) is 0.368. The Labute approximate surface area is 148 Å². The molecule has 0 radical (unpaired) electrons. The van der Waals surface area contributed by atoms with Crippen LogP contribution in [0, 0.1) is 5.92 Å². The zero-order valence-corrected chi connectivity index (χ0v) is 14.2. The Morgan fingerprint density at radius 1 is 1.27 bits per heavy atom. The van der Waals surface area contributed by atoms with Gasteiger partial charge in [-0.1, -0.05) is 25.7 Å². The van der Waals surface area contributed by atoms with Crippen molar-refractivity contribution in [1.82, 2.24) is 9.97 Å². The number of anilines is 1. The molecule has 1 aliphatic carbocycles. The molecule has 3 aromatic heterocycles. The van der Waals surface area contributed by atoms with Gasteiger partial charge in [0, 0.05) is 5.69 Å². The van der Waals surface area contributed by atoms with Crippen molar-refractivity contribution in [2.75, 3.05) is 5.73 Å². The Balaban J connectivity index is 1.77. The first-order valence-electron chi connectivity index (χ1n) is 8.79. The van der Waals surface area contributed by atoms with Crippen molar-refractivity contribution in [2.45, 2.75) is 38.5 Å². The minimum Gasteiger partial charge on any atom is -0.478 e. The third kappa shape index (κ3) is 2.89. The molecule has 0 bridgehead atoms. The number of aryl methyl sites for hydroxylation is 1. The van der Waals surface area contributed by atoms with Crippen molar-refractivity contribution >= 4 is 34.0 Å². The van der Waals surface area contributed by atoms with Crippen LogP contribution >= 0.6 is 0 Å². The number of hydrogen-bond donors (Lipinski definition) is 2. The molecule has 0 saturated heterocycles. The first-order valence-corrected chi connectivity index (χ1v) is 8.79. The number of rotatable bonds is 4. The summed E-state index contributed by atoms with van der Waals surface area (Å²) in [5.74, 6) is -0.686. The number of pyridine rings is 2. The molecule has 26 heavy (non-hydrogen) atoms. The maximum atomic E-state index is 12.8. The molecule has 0 aromatic carbocycles. The zero-order chi connectivity index (χ0) is 18.3. The summed E-state index contributed by atoms with van der Waals surface area (Å²) in [5, 5.41) is 9.25. The van der Waals surface area contributed by atoms with Gasteiger partial charge in [0.15, 0.2) is 11.1 Å². The summed E-state index contributed by atoms with van der Waals surface area (Å²) in [4.78, 5) is 32.4. The highest BCUT2D eigenvalue weighted by Crippen LogP contribution is 2.28. The van der Waals surface area contributed by atoms with E-state index < -0.39 is 5.97 Å². The molecular weight excluding hydrogens is 334 g/mol. The van der Waals surface area contributed by atoms with Crippen molar-refractivity contribution in [3.63, 3.8) is 0 Å². The van der Waals surface area contributed by atoms with Crippen molar-refractivity contribution in [3.05, 3.63) is 39.7 Å². The average molecular weight is 353 g/mol. The summed E-state index contributed by atoms with van der Waals surface area (Å²) in [5.41, 5.74) is 6.41. The fourth-order valence-electron chi connectivity index (χ4n) is 3.68. The van der Waals surface area contributed by atoms with Crippen LogP contribution in [0.15, 0.2) is 27.4 Å². The molecule has 134 valence electrons. The summed E-state index contributed by atoms with van der Waals surface area (Å²) >= 11 is 0. The van der Waals surface area contributed by atoms with Crippen molar-refractivity contribution < 1.29 is 14.3 Å². The molecule has 0 amide bonds. The molecular formula is C19H19N3O4. The largest absolute Gasteiger partial charge is 0.478 e. The van der Waals surface area contributed by atoms with Gasteiger partial charge in [-0.05, 0) is 37.0 Å². The van der Waals surface area contributed by atoms with Gasteiger partial charge in [0.05, 0.1) is 5.39 Å². The number of nitrogens with zero attached hydrogens (tertiary/aromatic N) is 2. The van der Waals surface area contributed by atoms with E-state index in [2.05, 4.69) is 9.97 Å². The number of nitrogen functional groups attached to an aromatic ring is 1. The topological polar surface area (TPSA) is 119 Å². The maximum Gasteiger partial charge on any atom is 0.339 e. The molecule has 1 aliphatic rings. The number of nitrogens with two attached hydrogens (primary N) is 1. The lowest BCUT2D eigenvalue weighted by atomic mass is 10.0. The van der Waals surface area contributed by atoms with Gasteiger partial charge in [0.2, 0.25) is 11.1 Å². The Hall–Kier alpha value is -2.96. The molecule has 0 atom stereocenters. The van der Waals surface area contributed by atoms with E-state index in [4.69, 9.17) is 10.2 Å². The van der Waals surface area contributed by atoms with Crippen LogP contribution in [0.4, 0.5) is 5.82 Å². The molecule has 4 rings (SSSR count). The number of carbonyl (C=O) groups is 1. The van der Waals surface area contributed by atoms with Crippen LogP contribution in [-0.2, 0) is 6.42 Å². The summed E-state index contributed by atoms with van der Waals surface area (Å²) in [7, 11) is 0. The molecule has 0 unspecified atom stereocenters. The highest BCUT2D eigenvalue weighted by Gasteiger charge is 2.18. The SMILES string of the molecule is Nc1nc2oc3ccc(CCC4CCCC4)nc3c(=O)c2cc1C(=O)O.